The lowest BCUT2D eigenvalue weighted by atomic mass is 10.1. The van der Waals surface area contributed by atoms with Gasteiger partial charge >= 0.3 is 12.2 Å². The number of hydrogen-bond donors (Lipinski definition) is 2. The topological polar surface area (TPSA) is 53.6 Å². The highest BCUT2D eigenvalue weighted by atomic mass is 19.4. The van der Waals surface area contributed by atoms with Crippen molar-refractivity contribution in [3.63, 3.8) is 0 Å². The van der Waals surface area contributed by atoms with Crippen LogP contribution >= 0.6 is 0 Å². The molecule has 1 aromatic carbocycles. The number of likely N-dealkylation sites (tertiary alicyclic amines) is 1. The molecule has 0 atom stereocenters. The quantitative estimate of drug-likeness (QED) is 0.821. The minimum Gasteiger partial charge on any atom is -0.367 e. The fourth-order valence-electron chi connectivity index (χ4n) is 2.61. The van der Waals surface area contributed by atoms with Crippen LogP contribution in [-0.4, -0.2) is 49.9 Å². The summed E-state index contributed by atoms with van der Waals surface area (Å²) in [6.45, 7) is 0.963. The van der Waals surface area contributed by atoms with Gasteiger partial charge in [0, 0.05) is 12.6 Å². The molecule has 1 saturated heterocycles. The largest absolute Gasteiger partial charge is 0.411 e. The van der Waals surface area contributed by atoms with Gasteiger partial charge in [-0.25, -0.2) is 4.79 Å². The lowest BCUT2D eigenvalue weighted by Crippen LogP contribution is -2.46. The van der Waals surface area contributed by atoms with Crippen molar-refractivity contribution in [1.29, 1.82) is 0 Å². The first kappa shape index (κ1) is 19.5. The summed E-state index contributed by atoms with van der Waals surface area (Å²) in [7, 11) is 2.06. The molecular formula is C17H24F3N3O2. The van der Waals surface area contributed by atoms with Crippen molar-refractivity contribution in [2.24, 2.45) is 0 Å². The van der Waals surface area contributed by atoms with Crippen LogP contribution in [0.2, 0.25) is 0 Å². The number of amides is 2. The van der Waals surface area contributed by atoms with Crippen LogP contribution in [0.4, 0.5) is 18.0 Å². The Kier molecular flexibility index (Phi) is 7.07. The van der Waals surface area contributed by atoms with E-state index < -0.39 is 12.8 Å². The normalized spacial score (nSPS) is 16.6. The van der Waals surface area contributed by atoms with Gasteiger partial charge in [0.15, 0.2) is 0 Å². The molecule has 2 N–H and O–H groups in total. The van der Waals surface area contributed by atoms with Crippen LogP contribution in [-0.2, 0) is 17.9 Å². The van der Waals surface area contributed by atoms with Crippen molar-refractivity contribution >= 4 is 6.03 Å². The zero-order chi connectivity index (χ0) is 18.3. The van der Waals surface area contributed by atoms with Crippen molar-refractivity contribution in [2.75, 3.05) is 26.7 Å². The third kappa shape index (κ3) is 7.74. The summed E-state index contributed by atoms with van der Waals surface area (Å²) >= 11 is 0. The first-order valence-electron chi connectivity index (χ1n) is 8.27. The number of carbonyl (C=O) groups is 1. The maximum absolute atomic E-state index is 12.0. The van der Waals surface area contributed by atoms with E-state index >= 15 is 0 Å². The molecule has 1 fully saturated rings. The molecule has 8 heteroatoms. The smallest absolute Gasteiger partial charge is 0.367 e. The molecule has 5 nitrogen and oxygen atoms in total. The summed E-state index contributed by atoms with van der Waals surface area (Å²) in [5.74, 6) is 0. The number of nitrogens with zero attached hydrogens (tertiary/aromatic N) is 1. The Morgan fingerprint density at radius 1 is 1.20 bits per heavy atom. The Morgan fingerprint density at radius 3 is 2.40 bits per heavy atom. The lowest BCUT2D eigenvalue weighted by Gasteiger charge is -2.29. The summed E-state index contributed by atoms with van der Waals surface area (Å²) in [5.41, 5.74) is 1.53. The Bertz CT molecular complexity index is 541. The number of carbonyl (C=O) groups excluding carboxylic acids is 1. The van der Waals surface area contributed by atoms with E-state index in [1.807, 2.05) is 0 Å². The van der Waals surface area contributed by atoms with Gasteiger partial charge in [0.05, 0.1) is 6.61 Å². The van der Waals surface area contributed by atoms with Crippen LogP contribution < -0.4 is 10.6 Å². The number of alkyl halides is 3. The monoisotopic (exact) mass is 359 g/mol. The molecular weight excluding hydrogens is 335 g/mol. The van der Waals surface area contributed by atoms with Crippen LogP contribution in [0.1, 0.15) is 24.0 Å². The Hall–Kier alpha value is -1.80. The average molecular weight is 359 g/mol. The second-order valence-corrected chi connectivity index (χ2v) is 6.33. The zero-order valence-electron chi connectivity index (χ0n) is 14.2. The predicted molar refractivity (Wildman–Crippen MR) is 88.0 cm³/mol. The number of urea groups is 1. The van der Waals surface area contributed by atoms with Gasteiger partial charge in [0.25, 0.3) is 0 Å². The number of ether oxygens (including phenoxy) is 1. The maximum Gasteiger partial charge on any atom is 0.411 e. The molecule has 0 aromatic heterocycles. The van der Waals surface area contributed by atoms with E-state index in [0.717, 1.165) is 31.5 Å². The molecule has 0 aliphatic carbocycles. The summed E-state index contributed by atoms with van der Waals surface area (Å²) in [6, 6.07) is 6.92. The van der Waals surface area contributed by atoms with Crippen molar-refractivity contribution < 1.29 is 22.7 Å². The molecule has 1 aliphatic heterocycles. The molecule has 0 radical (unpaired) electrons. The van der Waals surface area contributed by atoms with Gasteiger partial charge < -0.3 is 20.3 Å². The van der Waals surface area contributed by atoms with Crippen LogP contribution in [0, 0.1) is 0 Å². The number of rotatable bonds is 6. The number of halogens is 3. The van der Waals surface area contributed by atoms with E-state index in [1.54, 1.807) is 24.3 Å². The first-order valence-corrected chi connectivity index (χ1v) is 8.27. The Balaban J connectivity index is 1.67. The number of hydrogen-bond acceptors (Lipinski definition) is 3. The van der Waals surface area contributed by atoms with Crippen LogP contribution in [0.5, 0.6) is 0 Å². The zero-order valence-corrected chi connectivity index (χ0v) is 14.2. The van der Waals surface area contributed by atoms with Crippen LogP contribution in [0.15, 0.2) is 24.3 Å². The molecule has 140 valence electrons. The molecule has 1 aromatic rings. The van der Waals surface area contributed by atoms with Crippen LogP contribution in [0.3, 0.4) is 0 Å². The third-order valence-corrected chi connectivity index (χ3v) is 4.06. The lowest BCUT2D eigenvalue weighted by molar-refractivity contribution is -0.176. The highest BCUT2D eigenvalue weighted by molar-refractivity contribution is 5.74. The van der Waals surface area contributed by atoms with Gasteiger partial charge in [-0.05, 0) is 44.1 Å². The van der Waals surface area contributed by atoms with E-state index in [-0.39, 0.29) is 18.7 Å². The summed E-state index contributed by atoms with van der Waals surface area (Å²) in [4.78, 5) is 14.1. The van der Waals surface area contributed by atoms with E-state index in [9.17, 15) is 18.0 Å². The molecule has 2 rings (SSSR count). The summed E-state index contributed by atoms with van der Waals surface area (Å²) in [6.07, 6.45) is -2.43. The maximum atomic E-state index is 12.0. The van der Waals surface area contributed by atoms with E-state index in [4.69, 9.17) is 0 Å². The van der Waals surface area contributed by atoms with Gasteiger partial charge in [-0.15, -0.1) is 0 Å². The highest BCUT2D eigenvalue weighted by Crippen LogP contribution is 2.16. The van der Waals surface area contributed by atoms with Crippen molar-refractivity contribution in [1.82, 2.24) is 15.5 Å². The summed E-state index contributed by atoms with van der Waals surface area (Å²) < 4.78 is 40.6. The Labute approximate surface area is 145 Å². The van der Waals surface area contributed by atoms with Gasteiger partial charge in [0.2, 0.25) is 0 Å². The van der Waals surface area contributed by atoms with Crippen LogP contribution in [0.25, 0.3) is 0 Å². The van der Waals surface area contributed by atoms with Gasteiger partial charge in [-0.1, -0.05) is 24.3 Å². The Morgan fingerprint density at radius 2 is 1.80 bits per heavy atom. The molecule has 0 unspecified atom stereocenters. The minimum atomic E-state index is -4.31. The van der Waals surface area contributed by atoms with E-state index in [2.05, 4.69) is 27.3 Å². The number of piperidine rings is 1. The fraction of sp³-hybridized carbons (Fsp3) is 0.588. The fourth-order valence-corrected chi connectivity index (χ4v) is 2.61. The SMILES string of the molecule is CN1CCC(NC(=O)NCc2ccc(COCC(F)(F)F)cc2)CC1. The van der Waals surface area contributed by atoms with Gasteiger partial charge in [-0.2, -0.15) is 13.2 Å². The molecule has 2 amide bonds. The average Bonchev–Trinajstić information content (AvgIpc) is 2.55. The predicted octanol–water partition coefficient (Wildman–Crippen LogP) is 2.66. The third-order valence-electron chi connectivity index (χ3n) is 4.06. The first-order chi connectivity index (χ1) is 11.8. The van der Waals surface area contributed by atoms with Crippen molar-refractivity contribution in [2.45, 2.75) is 38.2 Å². The van der Waals surface area contributed by atoms with E-state index in [0.29, 0.717) is 12.1 Å². The minimum absolute atomic E-state index is 0.0934. The molecule has 25 heavy (non-hydrogen) atoms. The molecule has 0 spiro atoms. The molecule has 1 aliphatic rings. The highest BCUT2D eigenvalue weighted by Gasteiger charge is 2.27. The molecule has 0 saturated carbocycles. The standard InChI is InChI=1S/C17H24F3N3O2/c1-23-8-6-15(7-9-23)22-16(24)21-10-13-2-4-14(5-3-13)11-25-12-17(18,19)20/h2-5,15H,6-12H2,1H3,(H2,21,22,24). The van der Waals surface area contributed by atoms with Gasteiger partial charge in [0.1, 0.15) is 6.61 Å². The molecule has 1 heterocycles. The second kappa shape index (κ2) is 9.05. The number of benzene rings is 1. The number of nitrogens with one attached hydrogen (secondary N) is 2. The van der Waals surface area contributed by atoms with E-state index in [1.165, 1.54) is 0 Å². The molecule has 0 bridgehead atoms. The van der Waals surface area contributed by atoms with Gasteiger partial charge in [-0.3, -0.25) is 0 Å². The summed E-state index contributed by atoms with van der Waals surface area (Å²) in [5, 5.41) is 5.76. The van der Waals surface area contributed by atoms with Crippen molar-refractivity contribution in [3.05, 3.63) is 35.4 Å². The van der Waals surface area contributed by atoms with Crippen molar-refractivity contribution in [3.8, 4) is 0 Å². The second-order valence-electron chi connectivity index (χ2n) is 6.33.